The highest BCUT2D eigenvalue weighted by atomic mass is 32.2. The molecule has 0 saturated heterocycles. The minimum Gasteiger partial charge on any atom is -0.497 e. The smallest absolute Gasteiger partial charge is 0.282 e. The number of ether oxygens (including phenoxy) is 1. The predicted octanol–water partition coefficient (Wildman–Crippen LogP) is 3.89. The Bertz CT molecular complexity index is 1380. The van der Waals surface area contributed by atoms with Gasteiger partial charge in [-0.15, -0.1) is 0 Å². The fourth-order valence-corrected chi connectivity index (χ4v) is 4.30. The lowest BCUT2D eigenvalue weighted by Gasteiger charge is -2.18. The maximum absolute atomic E-state index is 14.0. The van der Waals surface area contributed by atoms with Crippen LogP contribution in [0.3, 0.4) is 0 Å². The van der Waals surface area contributed by atoms with Gasteiger partial charge in [0.15, 0.2) is 16.3 Å². The number of nitrogens with zero attached hydrogens (tertiary/aromatic N) is 4. The molecule has 1 N–H and O–H groups in total. The summed E-state index contributed by atoms with van der Waals surface area (Å²) in [5.41, 5.74) is 0.925. The van der Waals surface area contributed by atoms with E-state index < -0.39 is 11.1 Å². The van der Waals surface area contributed by atoms with Gasteiger partial charge in [-0.3, -0.25) is 14.2 Å². The topological polar surface area (TPSA) is 99.0 Å². The molecule has 8 nitrogen and oxygen atoms in total. The van der Waals surface area contributed by atoms with Crippen molar-refractivity contribution in [1.29, 1.82) is 0 Å². The number of thioether (sulfide) groups is 1. The summed E-state index contributed by atoms with van der Waals surface area (Å²) in [6.45, 7) is 2.06. The molecule has 2 heterocycles. The number of hydrogen-bond donors (Lipinski definition) is 1. The largest absolute Gasteiger partial charge is 0.497 e. The number of anilines is 1. The van der Waals surface area contributed by atoms with Crippen LogP contribution >= 0.6 is 11.8 Å². The average molecular weight is 480 g/mol. The number of carbonyl (C=O) groups is 1. The Kier molecular flexibility index (Phi) is 7.17. The number of fused-ring (bicyclic) bond motifs is 1. The van der Waals surface area contributed by atoms with E-state index in [0.29, 0.717) is 17.3 Å². The number of methoxy groups -OCH3 is 1. The minimum absolute atomic E-state index is 0.0968. The molecule has 1 amide bonds. The Morgan fingerprint density at radius 3 is 2.59 bits per heavy atom. The van der Waals surface area contributed by atoms with E-state index in [9.17, 15) is 14.0 Å². The van der Waals surface area contributed by atoms with Gasteiger partial charge in [-0.05, 0) is 36.2 Å². The summed E-state index contributed by atoms with van der Waals surface area (Å²) in [5.74, 6) is -0.211. The van der Waals surface area contributed by atoms with Crippen LogP contribution in [0.1, 0.15) is 18.9 Å². The summed E-state index contributed by atoms with van der Waals surface area (Å²) in [6.07, 6.45) is 3.33. The number of carbonyl (C=O) groups excluding carboxylic acids is 1. The number of amides is 1. The summed E-state index contributed by atoms with van der Waals surface area (Å²) >= 11 is 1.13. The van der Waals surface area contributed by atoms with Crippen LogP contribution in [0.5, 0.6) is 5.75 Å². The van der Waals surface area contributed by atoms with E-state index in [1.165, 1.54) is 29.1 Å². The zero-order valence-electron chi connectivity index (χ0n) is 18.6. The molecule has 0 radical (unpaired) electrons. The van der Waals surface area contributed by atoms with Gasteiger partial charge in [0.2, 0.25) is 5.91 Å². The van der Waals surface area contributed by atoms with E-state index in [-0.39, 0.29) is 34.9 Å². The normalized spacial score (nSPS) is 11.9. The predicted molar refractivity (Wildman–Crippen MR) is 129 cm³/mol. The molecule has 1 atom stereocenters. The van der Waals surface area contributed by atoms with Crippen molar-refractivity contribution in [2.24, 2.45) is 0 Å². The number of aromatic nitrogens is 4. The summed E-state index contributed by atoms with van der Waals surface area (Å²) in [7, 11) is 1.58. The fourth-order valence-electron chi connectivity index (χ4n) is 3.30. The highest BCUT2D eigenvalue weighted by molar-refractivity contribution is 8.00. The van der Waals surface area contributed by atoms with Crippen molar-refractivity contribution in [2.75, 3.05) is 12.4 Å². The Balaban J connectivity index is 1.69. The Hall–Kier alpha value is -3.79. The molecule has 0 aliphatic heterocycles. The van der Waals surface area contributed by atoms with Gasteiger partial charge in [-0.1, -0.05) is 43.0 Å². The molecule has 0 aliphatic carbocycles. The van der Waals surface area contributed by atoms with Crippen molar-refractivity contribution in [3.63, 3.8) is 0 Å². The zero-order valence-corrected chi connectivity index (χ0v) is 19.4. The third kappa shape index (κ3) is 5.07. The number of halogens is 1. The SMILES string of the molecule is CC[C@@H](Sc1nc2nccnc2c(=O)n1Cc1ccc(OC)cc1)C(=O)Nc1ccccc1F. The second-order valence-electron chi connectivity index (χ2n) is 7.35. The van der Waals surface area contributed by atoms with Gasteiger partial charge in [0.25, 0.3) is 5.56 Å². The first-order valence-corrected chi connectivity index (χ1v) is 11.4. The van der Waals surface area contributed by atoms with E-state index in [1.807, 2.05) is 19.1 Å². The van der Waals surface area contributed by atoms with Crippen LogP contribution in [-0.2, 0) is 11.3 Å². The Labute approximate surface area is 199 Å². The first-order valence-electron chi connectivity index (χ1n) is 10.6. The van der Waals surface area contributed by atoms with E-state index in [4.69, 9.17) is 4.74 Å². The van der Waals surface area contributed by atoms with Crippen LogP contribution in [-0.4, -0.2) is 37.8 Å². The third-order valence-corrected chi connectivity index (χ3v) is 6.46. The molecule has 2 aromatic carbocycles. The zero-order chi connectivity index (χ0) is 24.1. The number of nitrogens with one attached hydrogen (secondary N) is 1. The molecule has 4 aromatic rings. The molecular formula is C24H22FN5O3S. The van der Waals surface area contributed by atoms with Crippen LogP contribution < -0.4 is 15.6 Å². The van der Waals surface area contributed by atoms with Gasteiger partial charge in [0, 0.05) is 12.4 Å². The lowest BCUT2D eigenvalue weighted by Crippen LogP contribution is -2.29. The van der Waals surface area contributed by atoms with Crippen LogP contribution in [0.4, 0.5) is 10.1 Å². The highest BCUT2D eigenvalue weighted by Crippen LogP contribution is 2.26. The summed E-state index contributed by atoms with van der Waals surface area (Å²) in [5, 5.41) is 2.32. The molecular weight excluding hydrogens is 457 g/mol. The molecule has 2 aromatic heterocycles. The molecule has 4 rings (SSSR count). The van der Waals surface area contributed by atoms with E-state index in [0.717, 1.165) is 17.3 Å². The lowest BCUT2D eigenvalue weighted by molar-refractivity contribution is -0.115. The molecule has 0 spiro atoms. The van der Waals surface area contributed by atoms with E-state index >= 15 is 0 Å². The van der Waals surface area contributed by atoms with Gasteiger partial charge < -0.3 is 10.1 Å². The fraction of sp³-hybridized carbons (Fsp3) is 0.208. The molecule has 0 aliphatic rings. The van der Waals surface area contributed by atoms with Crippen LogP contribution in [0.15, 0.2) is 70.9 Å². The van der Waals surface area contributed by atoms with Crippen LogP contribution in [0.2, 0.25) is 0 Å². The van der Waals surface area contributed by atoms with Gasteiger partial charge >= 0.3 is 0 Å². The summed E-state index contributed by atoms with van der Waals surface area (Å²) in [4.78, 5) is 39.1. The first-order chi connectivity index (χ1) is 16.5. The molecule has 174 valence electrons. The maximum atomic E-state index is 14.0. The highest BCUT2D eigenvalue weighted by Gasteiger charge is 2.23. The van der Waals surface area contributed by atoms with Crippen molar-refractivity contribution >= 4 is 34.5 Å². The van der Waals surface area contributed by atoms with E-state index in [2.05, 4.69) is 20.3 Å². The number of hydrogen-bond acceptors (Lipinski definition) is 7. The molecule has 0 saturated carbocycles. The standard InChI is InChI=1S/C24H22FN5O3S/c1-3-19(22(31)28-18-7-5-4-6-17(18)25)34-24-29-21-20(26-12-13-27-21)23(32)30(24)14-15-8-10-16(33-2)11-9-15/h4-13,19H,3,14H2,1-2H3,(H,28,31)/t19-/m1/s1. The average Bonchev–Trinajstić information content (AvgIpc) is 2.86. The third-order valence-electron chi connectivity index (χ3n) is 5.10. The van der Waals surface area contributed by atoms with Crippen molar-refractivity contribution in [3.8, 4) is 5.75 Å². The van der Waals surface area contributed by atoms with Gasteiger partial charge in [-0.25, -0.2) is 19.3 Å². The Morgan fingerprint density at radius 1 is 1.15 bits per heavy atom. The molecule has 10 heteroatoms. The number of rotatable bonds is 8. The molecule has 0 bridgehead atoms. The monoisotopic (exact) mass is 479 g/mol. The van der Waals surface area contributed by atoms with Gasteiger partial charge in [0.1, 0.15) is 11.6 Å². The summed E-state index contributed by atoms with van der Waals surface area (Å²) < 4.78 is 20.7. The van der Waals surface area contributed by atoms with Gasteiger partial charge in [0.05, 0.1) is 24.6 Å². The molecule has 0 fully saturated rings. The second kappa shape index (κ2) is 10.4. The lowest BCUT2D eigenvalue weighted by atomic mass is 10.2. The molecule has 0 unspecified atom stereocenters. The first kappa shape index (κ1) is 23.4. The van der Waals surface area contributed by atoms with Crippen molar-refractivity contribution < 1.29 is 13.9 Å². The van der Waals surface area contributed by atoms with Gasteiger partial charge in [-0.2, -0.15) is 0 Å². The van der Waals surface area contributed by atoms with Crippen molar-refractivity contribution in [2.45, 2.75) is 30.3 Å². The maximum Gasteiger partial charge on any atom is 0.282 e. The number of benzene rings is 2. The summed E-state index contributed by atoms with van der Waals surface area (Å²) in [6, 6.07) is 13.3. The minimum atomic E-state index is -0.622. The van der Waals surface area contributed by atoms with Crippen LogP contribution in [0.25, 0.3) is 11.2 Å². The second-order valence-corrected chi connectivity index (χ2v) is 8.52. The van der Waals surface area contributed by atoms with Crippen molar-refractivity contribution in [1.82, 2.24) is 19.5 Å². The number of para-hydroxylation sites is 1. The van der Waals surface area contributed by atoms with Crippen molar-refractivity contribution in [3.05, 3.63) is 82.7 Å². The Morgan fingerprint density at radius 2 is 1.88 bits per heavy atom. The quantitative estimate of drug-likeness (QED) is 0.302. The van der Waals surface area contributed by atoms with Crippen LogP contribution in [0, 0.1) is 5.82 Å². The van der Waals surface area contributed by atoms with E-state index in [1.54, 1.807) is 31.4 Å². The molecule has 34 heavy (non-hydrogen) atoms.